The van der Waals surface area contributed by atoms with Gasteiger partial charge in [-0.1, -0.05) is 12.1 Å². The van der Waals surface area contributed by atoms with Crippen LogP contribution in [0.15, 0.2) is 58.5 Å². The summed E-state index contributed by atoms with van der Waals surface area (Å²) in [6.07, 6.45) is 4.11. The number of para-hydroxylation sites is 2. The van der Waals surface area contributed by atoms with Crippen LogP contribution in [0.5, 0.6) is 11.5 Å². The fourth-order valence-corrected chi connectivity index (χ4v) is 5.24. The Morgan fingerprint density at radius 1 is 1.15 bits per heavy atom. The molecule has 3 aromatic rings. The van der Waals surface area contributed by atoms with Crippen LogP contribution >= 0.6 is 11.3 Å². The van der Waals surface area contributed by atoms with E-state index >= 15 is 0 Å². The van der Waals surface area contributed by atoms with Crippen molar-refractivity contribution in [3.05, 3.63) is 70.3 Å². The van der Waals surface area contributed by atoms with E-state index in [0.717, 1.165) is 24.8 Å². The molecule has 8 heteroatoms. The second-order valence-electron chi connectivity index (χ2n) is 8.26. The molecule has 1 aliphatic heterocycles. The molecular formula is C25H26N2O5S. The Morgan fingerprint density at radius 2 is 1.97 bits per heavy atom. The number of ether oxygens (including phenoxy) is 2. The molecule has 172 valence electrons. The number of methoxy groups -OCH3 is 1. The maximum absolute atomic E-state index is 13.5. The van der Waals surface area contributed by atoms with Crippen LogP contribution in [0.1, 0.15) is 39.9 Å². The number of rotatable bonds is 8. The van der Waals surface area contributed by atoms with Gasteiger partial charge < -0.3 is 23.7 Å². The van der Waals surface area contributed by atoms with Gasteiger partial charge in [0.15, 0.2) is 17.3 Å². The van der Waals surface area contributed by atoms with E-state index in [0.29, 0.717) is 24.7 Å². The van der Waals surface area contributed by atoms with Gasteiger partial charge in [0.2, 0.25) is 5.91 Å². The van der Waals surface area contributed by atoms with E-state index in [4.69, 9.17) is 13.9 Å². The molecule has 2 amide bonds. The van der Waals surface area contributed by atoms with Gasteiger partial charge in [-0.3, -0.25) is 9.59 Å². The zero-order chi connectivity index (χ0) is 22.8. The third kappa shape index (κ3) is 4.48. The number of benzene rings is 1. The third-order valence-corrected chi connectivity index (χ3v) is 7.16. The van der Waals surface area contributed by atoms with Crippen molar-refractivity contribution in [1.82, 2.24) is 9.80 Å². The topological polar surface area (TPSA) is 72.2 Å². The van der Waals surface area contributed by atoms with Gasteiger partial charge in [0.05, 0.1) is 19.4 Å². The minimum Gasteiger partial charge on any atom is -0.493 e. The van der Waals surface area contributed by atoms with Crippen molar-refractivity contribution < 1.29 is 23.5 Å². The first-order valence-electron chi connectivity index (χ1n) is 11.1. The molecule has 0 bridgehead atoms. The van der Waals surface area contributed by atoms with Gasteiger partial charge in [-0.05, 0) is 60.5 Å². The molecule has 1 aliphatic carbocycles. The number of furan rings is 1. The lowest BCUT2D eigenvalue weighted by Gasteiger charge is -2.37. The highest BCUT2D eigenvalue weighted by atomic mass is 32.1. The summed E-state index contributed by atoms with van der Waals surface area (Å²) < 4.78 is 16.8. The van der Waals surface area contributed by atoms with Crippen LogP contribution in [-0.4, -0.2) is 54.5 Å². The highest BCUT2D eigenvalue weighted by molar-refractivity contribution is 7.10. The van der Waals surface area contributed by atoms with Crippen molar-refractivity contribution in [3.63, 3.8) is 0 Å². The molecule has 2 aliphatic rings. The molecule has 0 radical (unpaired) electrons. The molecule has 1 fully saturated rings. The minimum atomic E-state index is -0.231. The number of thiophene rings is 1. The highest BCUT2D eigenvalue weighted by Gasteiger charge is 2.38. The molecule has 7 nitrogen and oxygen atoms in total. The number of hydrogen-bond donors (Lipinski definition) is 0. The lowest BCUT2D eigenvalue weighted by Crippen LogP contribution is -2.48. The lowest BCUT2D eigenvalue weighted by atomic mass is 10.0. The standard InChI is InChI=1S/C25H26N2O5S/c1-30-20-5-2-3-6-21(20)32-16-19-18-11-14-33-23(18)10-12-26(19)24(28)15-27(17-8-9-17)25(29)22-7-4-13-31-22/h2-7,11,13-14,17,19H,8-10,12,15-16H2,1H3/t19-/m0/s1. The van der Waals surface area contributed by atoms with Gasteiger partial charge >= 0.3 is 0 Å². The summed E-state index contributed by atoms with van der Waals surface area (Å²) in [5.74, 6) is 1.26. The Bertz CT molecular complexity index is 1120. The molecule has 33 heavy (non-hydrogen) atoms. The van der Waals surface area contributed by atoms with E-state index in [1.165, 1.54) is 11.1 Å². The zero-order valence-electron chi connectivity index (χ0n) is 18.4. The van der Waals surface area contributed by atoms with E-state index in [1.807, 2.05) is 29.2 Å². The molecule has 0 N–H and O–H groups in total. The van der Waals surface area contributed by atoms with Crippen LogP contribution in [0, 0.1) is 0 Å². The first-order valence-corrected chi connectivity index (χ1v) is 12.0. The number of carbonyl (C=O) groups is 2. The number of carbonyl (C=O) groups excluding carboxylic acids is 2. The Morgan fingerprint density at radius 3 is 2.70 bits per heavy atom. The van der Waals surface area contributed by atoms with Gasteiger partial charge in [-0.15, -0.1) is 11.3 Å². The predicted octanol–water partition coefficient (Wildman–Crippen LogP) is 4.16. The van der Waals surface area contributed by atoms with Gasteiger partial charge in [-0.2, -0.15) is 0 Å². The molecule has 5 rings (SSSR count). The van der Waals surface area contributed by atoms with Gasteiger partial charge in [0.1, 0.15) is 13.2 Å². The molecule has 3 heterocycles. The molecule has 0 unspecified atom stereocenters. The summed E-state index contributed by atoms with van der Waals surface area (Å²) in [5, 5.41) is 2.06. The van der Waals surface area contributed by atoms with E-state index in [-0.39, 0.29) is 36.2 Å². The van der Waals surface area contributed by atoms with Crippen molar-refractivity contribution in [2.75, 3.05) is 26.8 Å². The lowest BCUT2D eigenvalue weighted by molar-refractivity contribution is -0.135. The summed E-state index contributed by atoms with van der Waals surface area (Å²) in [6.45, 7) is 0.944. The van der Waals surface area contributed by atoms with Crippen LogP contribution in [0.25, 0.3) is 0 Å². The number of hydrogen-bond acceptors (Lipinski definition) is 6. The number of fused-ring (bicyclic) bond motifs is 1. The SMILES string of the molecule is COc1ccccc1OC[C@H]1c2ccsc2CCN1C(=O)CN(C(=O)c1ccco1)C1CC1. The quantitative estimate of drug-likeness (QED) is 0.499. The van der Waals surface area contributed by atoms with Crippen LogP contribution in [0.4, 0.5) is 0 Å². The fourth-order valence-electron chi connectivity index (χ4n) is 4.31. The Balaban J connectivity index is 1.35. The summed E-state index contributed by atoms with van der Waals surface area (Å²) in [6, 6.07) is 12.8. The highest BCUT2D eigenvalue weighted by Crippen LogP contribution is 2.36. The van der Waals surface area contributed by atoms with Crippen molar-refractivity contribution >= 4 is 23.2 Å². The largest absolute Gasteiger partial charge is 0.493 e. The van der Waals surface area contributed by atoms with Crippen LogP contribution in [0.3, 0.4) is 0 Å². The smallest absolute Gasteiger partial charge is 0.290 e. The fraction of sp³-hybridized carbons (Fsp3) is 0.360. The molecule has 0 spiro atoms. The molecule has 1 aromatic carbocycles. The van der Waals surface area contributed by atoms with Crippen LogP contribution in [-0.2, 0) is 11.2 Å². The van der Waals surface area contributed by atoms with E-state index < -0.39 is 0 Å². The van der Waals surface area contributed by atoms with Gasteiger partial charge in [-0.25, -0.2) is 0 Å². The molecular weight excluding hydrogens is 440 g/mol. The van der Waals surface area contributed by atoms with Crippen molar-refractivity contribution in [1.29, 1.82) is 0 Å². The van der Waals surface area contributed by atoms with Gasteiger partial charge in [0, 0.05) is 17.5 Å². The predicted molar refractivity (Wildman–Crippen MR) is 124 cm³/mol. The molecule has 2 aromatic heterocycles. The second-order valence-corrected chi connectivity index (χ2v) is 9.26. The van der Waals surface area contributed by atoms with E-state index in [1.54, 1.807) is 35.5 Å². The molecule has 1 atom stereocenters. The third-order valence-electron chi connectivity index (χ3n) is 6.17. The van der Waals surface area contributed by atoms with E-state index in [9.17, 15) is 9.59 Å². The summed E-state index contributed by atoms with van der Waals surface area (Å²) >= 11 is 1.71. The average Bonchev–Trinajstić information content (AvgIpc) is 3.32. The average molecular weight is 467 g/mol. The van der Waals surface area contributed by atoms with Gasteiger partial charge in [0.25, 0.3) is 5.91 Å². The van der Waals surface area contributed by atoms with E-state index in [2.05, 4.69) is 11.4 Å². The minimum absolute atomic E-state index is 0.0365. The summed E-state index contributed by atoms with van der Waals surface area (Å²) in [5.41, 5.74) is 1.12. The summed E-state index contributed by atoms with van der Waals surface area (Å²) in [7, 11) is 1.61. The Labute approximate surface area is 196 Å². The van der Waals surface area contributed by atoms with Crippen molar-refractivity contribution in [3.8, 4) is 11.5 Å². The monoisotopic (exact) mass is 466 g/mol. The van der Waals surface area contributed by atoms with Crippen molar-refractivity contribution in [2.45, 2.75) is 31.3 Å². The zero-order valence-corrected chi connectivity index (χ0v) is 19.3. The number of nitrogens with zero attached hydrogens (tertiary/aromatic N) is 2. The first-order chi connectivity index (χ1) is 16.2. The first kappa shape index (κ1) is 21.6. The maximum atomic E-state index is 13.5. The second kappa shape index (κ2) is 9.31. The Kier molecular flexibility index (Phi) is 6.09. The Hall–Kier alpha value is -3.26. The van der Waals surface area contributed by atoms with Crippen molar-refractivity contribution in [2.24, 2.45) is 0 Å². The van der Waals surface area contributed by atoms with Crippen LogP contribution in [0.2, 0.25) is 0 Å². The normalized spacial score (nSPS) is 17.4. The molecule has 1 saturated carbocycles. The maximum Gasteiger partial charge on any atom is 0.290 e. The number of amides is 2. The van der Waals surface area contributed by atoms with Crippen LogP contribution < -0.4 is 9.47 Å². The summed E-state index contributed by atoms with van der Waals surface area (Å²) in [4.78, 5) is 31.3. The molecule has 0 saturated heterocycles.